The van der Waals surface area contributed by atoms with Gasteiger partial charge in [-0.3, -0.25) is 4.99 Å². The Morgan fingerprint density at radius 1 is 0.597 bits per heavy atom. The molecule has 6 atom stereocenters. The van der Waals surface area contributed by atoms with Gasteiger partial charge in [0.15, 0.2) is 0 Å². The van der Waals surface area contributed by atoms with Crippen LogP contribution in [-0.4, -0.2) is 15.5 Å². The van der Waals surface area contributed by atoms with Crippen LogP contribution in [0.5, 0.6) is 0 Å². The number of hydrogen-bond acceptors (Lipinski definition) is 2. The van der Waals surface area contributed by atoms with E-state index in [0.29, 0.717) is 5.92 Å². The standard InChI is InChI=1S/C59H47N3/c1-5-17-40(18-6-1)41-30-32-42(33-31-41)48-36-54(44-21-9-3-10-22-44)61-55(37-48)47-26-15-25-46(35-47)49-29-16-34-59(38-53(49)59)56-50-27-13-14-28-51(50)58-52(43-19-7-2-8-20-43)39-60-62(58)57(56)45-23-11-4-12-24-45/h1-21,23-36,39,44,50-51,53,55H,22,37-38H2. The van der Waals surface area contributed by atoms with E-state index >= 15 is 0 Å². The maximum Gasteiger partial charge on any atom is 0.0793 e. The number of allylic oxidation sites excluding steroid dienone is 14. The van der Waals surface area contributed by atoms with Crippen LogP contribution < -0.4 is 0 Å². The molecule has 0 bridgehead atoms. The predicted molar refractivity (Wildman–Crippen MR) is 256 cm³/mol. The van der Waals surface area contributed by atoms with Gasteiger partial charge < -0.3 is 0 Å². The van der Waals surface area contributed by atoms with Crippen molar-refractivity contribution in [2.45, 2.75) is 31.2 Å². The van der Waals surface area contributed by atoms with Crippen LogP contribution in [0.15, 0.2) is 229 Å². The van der Waals surface area contributed by atoms with Crippen LogP contribution in [0.25, 0.3) is 39.1 Å². The average molecular weight is 798 g/mol. The topological polar surface area (TPSA) is 30.2 Å². The Labute approximate surface area is 364 Å². The smallest absolute Gasteiger partial charge is 0.0793 e. The SMILES string of the molecule is C1=CCC(C2=NC(c3cccc(C4=CC=CC5(C6=C(c7ccccc7)n7ncc(-c8ccccc8)c7C7C=CC=CC67)CC45)c3)CC(c3ccc(-c4ccccc4)cc3)=C2)C=C1. The molecule has 0 radical (unpaired) electrons. The Bertz CT molecular complexity index is 2980. The van der Waals surface area contributed by atoms with Gasteiger partial charge in [0.25, 0.3) is 0 Å². The largest absolute Gasteiger partial charge is 0.281 e. The summed E-state index contributed by atoms with van der Waals surface area (Å²) >= 11 is 0. The van der Waals surface area contributed by atoms with Gasteiger partial charge in [-0.2, -0.15) is 5.10 Å². The quantitative estimate of drug-likeness (QED) is 0.151. The van der Waals surface area contributed by atoms with E-state index in [1.54, 1.807) is 0 Å². The third-order valence-corrected chi connectivity index (χ3v) is 14.1. The van der Waals surface area contributed by atoms with E-state index in [4.69, 9.17) is 10.1 Å². The minimum absolute atomic E-state index is 0.0319. The molecule has 2 aliphatic heterocycles. The number of dihydropyridines is 1. The molecule has 5 aromatic carbocycles. The lowest BCUT2D eigenvalue weighted by molar-refractivity contribution is 0.520. The highest BCUT2D eigenvalue weighted by Gasteiger charge is 2.61. The lowest BCUT2D eigenvalue weighted by Crippen LogP contribution is -2.30. The van der Waals surface area contributed by atoms with Gasteiger partial charge in [0.2, 0.25) is 0 Å². The summed E-state index contributed by atoms with van der Waals surface area (Å²) in [5.41, 5.74) is 17.8. The highest BCUT2D eigenvalue weighted by molar-refractivity contribution is 6.05. The van der Waals surface area contributed by atoms with E-state index in [1.165, 1.54) is 78.3 Å². The summed E-state index contributed by atoms with van der Waals surface area (Å²) < 4.78 is 2.30. The number of hydrogen-bond donors (Lipinski definition) is 0. The molecule has 4 aliphatic carbocycles. The number of aromatic nitrogens is 2. The van der Waals surface area contributed by atoms with Crippen molar-refractivity contribution in [3.05, 3.63) is 252 Å². The summed E-state index contributed by atoms with van der Waals surface area (Å²) in [6.07, 6.45) is 32.9. The Morgan fingerprint density at radius 3 is 2.03 bits per heavy atom. The molecule has 1 fully saturated rings. The molecule has 3 heterocycles. The fraction of sp³-hybridized carbons (Fsp3) is 0.153. The monoisotopic (exact) mass is 797 g/mol. The Kier molecular flexibility index (Phi) is 8.95. The van der Waals surface area contributed by atoms with Crippen LogP contribution >= 0.6 is 0 Å². The van der Waals surface area contributed by atoms with E-state index in [9.17, 15) is 0 Å². The van der Waals surface area contributed by atoms with Crippen LogP contribution in [0.3, 0.4) is 0 Å². The molecular weight excluding hydrogens is 751 g/mol. The molecule has 1 saturated carbocycles. The van der Waals surface area contributed by atoms with E-state index in [-0.39, 0.29) is 29.2 Å². The fourth-order valence-corrected chi connectivity index (χ4v) is 11.0. The van der Waals surface area contributed by atoms with Crippen molar-refractivity contribution in [1.82, 2.24) is 9.78 Å². The molecule has 0 saturated heterocycles. The maximum absolute atomic E-state index is 5.54. The van der Waals surface area contributed by atoms with Gasteiger partial charge in [-0.25, -0.2) is 4.68 Å². The van der Waals surface area contributed by atoms with Crippen LogP contribution in [0.2, 0.25) is 0 Å². The average Bonchev–Trinajstić information content (AvgIpc) is 3.96. The van der Waals surface area contributed by atoms with Gasteiger partial charge in [-0.05, 0) is 87.4 Å². The van der Waals surface area contributed by atoms with E-state index < -0.39 is 0 Å². The second-order valence-corrected chi connectivity index (χ2v) is 17.6. The number of nitrogens with zero attached hydrogens (tertiary/aromatic N) is 3. The van der Waals surface area contributed by atoms with Gasteiger partial charge in [-0.1, -0.05) is 200 Å². The molecule has 0 N–H and O–H groups in total. The van der Waals surface area contributed by atoms with Crippen LogP contribution in [0.1, 0.15) is 59.2 Å². The molecule has 12 rings (SSSR count). The minimum atomic E-state index is -0.112. The van der Waals surface area contributed by atoms with Crippen LogP contribution in [-0.2, 0) is 0 Å². The Balaban J connectivity index is 0.911. The van der Waals surface area contributed by atoms with Gasteiger partial charge in [0.1, 0.15) is 0 Å². The minimum Gasteiger partial charge on any atom is -0.281 e. The molecule has 62 heavy (non-hydrogen) atoms. The normalized spacial score (nSPS) is 25.4. The van der Waals surface area contributed by atoms with Crippen molar-refractivity contribution in [3.63, 3.8) is 0 Å². The molecular formula is C59H47N3. The summed E-state index contributed by atoms with van der Waals surface area (Å²) in [5.74, 6) is 1.04. The first-order chi connectivity index (χ1) is 30.7. The van der Waals surface area contributed by atoms with Crippen molar-refractivity contribution < 1.29 is 0 Å². The first kappa shape index (κ1) is 36.7. The van der Waals surface area contributed by atoms with Crippen LogP contribution in [0, 0.1) is 23.2 Å². The first-order valence-corrected chi connectivity index (χ1v) is 22.3. The molecule has 6 unspecified atom stereocenters. The molecule has 3 heteroatoms. The highest BCUT2D eigenvalue weighted by atomic mass is 15.3. The summed E-state index contributed by atoms with van der Waals surface area (Å²) in [6, 6.07) is 50.9. The van der Waals surface area contributed by atoms with Gasteiger partial charge in [0.05, 0.1) is 23.6 Å². The second-order valence-electron chi connectivity index (χ2n) is 17.6. The van der Waals surface area contributed by atoms with Crippen molar-refractivity contribution >= 4 is 22.6 Å². The summed E-state index contributed by atoms with van der Waals surface area (Å²) in [6.45, 7) is 0. The third kappa shape index (κ3) is 6.26. The van der Waals surface area contributed by atoms with Gasteiger partial charge in [-0.15, -0.1) is 0 Å². The molecule has 0 spiro atoms. The predicted octanol–water partition coefficient (Wildman–Crippen LogP) is 14.1. The second kappa shape index (κ2) is 15.1. The number of rotatable bonds is 8. The molecule has 6 aliphatic rings. The molecule has 1 aromatic heterocycles. The lowest BCUT2D eigenvalue weighted by atomic mass is 9.68. The summed E-state index contributed by atoms with van der Waals surface area (Å²) in [5, 5.41) is 5.24. The summed E-state index contributed by atoms with van der Waals surface area (Å²) in [4.78, 5) is 5.54. The van der Waals surface area contributed by atoms with E-state index in [1.807, 2.05) is 0 Å². The Morgan fingerprint density at radius 2 is 1.27 bits per heavy atom. The van der Waals surface area contributed by atoms with Gasteiger partial charge in [0, 0.05) is 40.0 Å². The zero-order valence-corrected chi connectivity index (χ0v) is 34.6. The fourth-order valence-electron chi connectivity index (χ4n) is 11.0. The van der Waals surface area contributed by atoms with Crippen molar-refractivity contribution in [1.29, 1.82) is 0 Å². The van der Waals surface area contributed by atoms with Crippen molar-refractivity contribution in [2.24, 2.45) is 28.2 Å². The number of benzene rings is 5. The van der Waals surface area contributed by atoms with Crippen molar-refractivity contribution in [2.75, 3.05) is 0 Å². The first-order valence-electron chi connectivity index (χ1n) is 22.3. The third-order valence-electron chi connectivity index (χ3n) is 14.1. The molecule has 3 nitrogen and oxygen atoms in total. The van der Waals surface area contributed by atoms with Gasteiger partial charge >= 0.3 is 0 Å². The lowest BCUT2D eigenvalue weighted by Gasteiger charge is -2.39. The Hall–Kier alpha value is -7.10. The molecule has 298 valence electrons. The number of fused-ring (bicyclic) bond motifs is 4. The van der Waals surface area contributed by atoms with E-state index in [0.717, 1.165) is 19.3 Å². The maximum atomic E-state index is 5.54. The van der Waals surface area contributed by atoms with Crippen molar-refractivity contribution in [3.8, 4) is 22.3 Å². The summed E-state index contributed by atoms with van der Waals surface area (Å²) in [7, 11) is 0. The highest BCUT2D eigenvalue weighted by Crippen LogP contribution is 2.70. The van der Waals surface area contributed by atoms with Crippen LogP contribution in [0.4, 0.5) is 0 Å². The molecule has 0 amide bonds. The zero-order chi connectivity index (χ0) is 41.0. The van der Waals surface area contributed by atoms with E-state index in [2.05, 4.69) is 223 Å². The molecule has 6 aromatic rings. The zero-order valence-electron chi connectivity index (χ0n) is 34.6. The number of aliphatic imine (C=N–C) groups is 1.